The number of nitrogens with one attached hydrogen (secondary N) is 1. The molecule has 0 fully saturated rings. The summed E-state index contributed by atoms with van der Waals surface area (Å²) in [5, 5.41) is 0.277. The second-order valence-electron chi connectivity index (χ2n) is 2.33. The van der Waals surface area contributed by atoms with Crippen molar-refractivity contribution in [2.45, 2.75) is 11.8 Å². The van der Waals surface area contributed by atoms with Gasteiger partial charge in [-0.2, -0.15) is 0 Å². The van der Waals surface area contributed by atoms with E-state index in [1.54, 1.807) is 22.6 Å². The highest BCUT2D eigenvalue weighted by Gasteiger charge is 2.14. The Morgan fingerprint density at radius 1 is 1.62 bits per heavy atom. The quantitative estimate of drug-likeness (QED) is 0.489. The average Bonchev–Trinajstić information content (AvgIpc) is 2.03. The number of aromatic amines is 1. The number of alkyl halides is 3. The largest absolute Gasteiger partial charge is 0.317 e. The summed E-state index contributed by atoms with van der Waals surface area (Å²) in [5.74, 6) is 0. The molecule has 0 radical (unpaired) electrons. The molecular weight excluding hydrogens is 359 g/mol. The SMILES string of the molecule is O=c1[nH]c(I)c(C(F)F)cc1CBr. The Morgan fingerprint density at radius 2 is 2.23 bits per heavy atom. The van der Waals surface area contributed by atoms with E-state index < -0.39 is 6.43 Å². The normalized spacial score (nSPS) is 10.8. The second-order valence-corrected chi connectivity index (χ2v) is 3.97. The van der Waals surface area contributed by atoms with Crippen LogP contribution in [-0.4, -0.2) is 4.98 Å². The lowest BCUT2D eigenvalue weighted by atomic mass is 10.2. The van der Waals surface area contributed by atoms with Crippen molar-refractivity contribution in [1.29, 1.82) is 0 Å². The Balaban J connectivity index is 3.31. The lowest BCUT2D eigenvalue weighted by molar-refractivity contribution is 0.149. The zero-order valence-corrected chi connectivity index (χ0v) is 10.0. The standard InChI is InChI=1S/C7H5BrF2INO/c8-2-3-1-4(5(9)10)6(11)12-7(3)13/h1,5H,2H2,(H,12,13). The van der Waals surface area contributed by atoms with Crippen molar-refractivity contribution in [1.82, 2.24) is 4.98 Å². The highest BCUT2D eigenvalue weighted by Crippen LogP contribution is 2.22. The van der Waals surface area contributed by atoms with E-state index >= 15 is 0 Å². The molecule has 1 rings (SSSR count). The van der Waals surface area contributed by atoms with Crippen LogP contribution in [0.4, 0.5) is 8.78 Å². The minimum absolute atomic E-state index is 0.130. The van der Waals surface area contributed by atoms with Gasteiger partial charge in [0.2, 0.25) is 0 Å². The first-order chi connectivity index (χ1) is 6.06. The van der Waals surface area contributed by atoms with Gasteiger partial charge in [0.05, 0.1) is 3.70 Å². The first kappa shape index (κ1) is 11.1. The van der Waals surface area contributed by atoms with Gasteiger partial charge in [-0.1, -0.05) is 15.9 Å². The molecule has 0 spiro atoms. The molecule has 72 valence electrons. The van der Waals surface area contributed by atoms with Gasteiger partial charge in [-0.25, -0.2) is 8.78 Å². The van der Waals surface area contributed by atoms with E-state index in [4.69, 9.17) is 0 Å². The predicted octanol–water partition coefficient (Wildman–Crippen LogP) is 2.81. The van der Waals surface area contributed by atoms with Crippen molar-refractivity contribution in [2.24, 2.45) is 0 Å². The van der Waals surface area contributed by atoms with Crippen molar-refractivity contribution >= 4 is 38.5 Å². The third-order valence-corrected chi connectivity index (χ3v) is 2.97. The van der Waals surface area contributed by atoms with Gasteiger partial charge >= 0.3 is 0 Å². The smallest absolute Gasteiger partial charge is 0.266 e. The average molecular weight is 364 g/mol. The molecule has 0 bridgehead atoms. The van der Waals surface area contributed by atoms with Gasteiger partial charge in [0.25, 0.3) is 12.0 Å². The van der Waals surface area contributed by atoms with Gasteiger partial charge in [-0.15, -0.1) is 0 Å². The first-order valence-electron chi connectivity index (χ1n) is 3.32. The Kier molecular flexibility index (Phi) is 3.84. The van der Waals surface area contributed by atoms with Crippen LogP contribution in [0.3, 0.4) is 0 Å². The van der Waals surface area contributed by atoms with Crippen LogP contribution in [0, 0.1) is 3.70 Å². The molecule has 2 nitrogen and oxygen atoms in total. The molecule has 0 amide bonds. The zero-order valence-electron chi connectivity index (χ0n) is 6.28. The molecule has 0 aliphatic carbocycles. The highest BCUT2D eigenvalue weighted by molar-refractivity contribution is 14.1. The maximum absolute atomic E-state index is 12.3. The summed E-state index contributed by atoms with van der Waals surface area (Å²) in [5.41, 5.74) is -0.143. The number of hydrogen-bond donors (Lipinski definition) is 1. The van der Waals surface area contributed by atoms with Crippen LogP contribution in [0.5, 0.6) is 0 Å². The number of aromatic nitrogens is 1. The molecule has 1 heterocycles. The summed E-state index contributed by atoms with van der Waals surface area (Å²) in [6, 6.07) is 1.22. The Bertz CT molecular complexity index is 366. The molecule has 13 heavy (non-hydrogen) atoms. The Morgan fingerprint density at radius 3 is 2.69 bits per heavy atom. The highest BCUT2D eigenvalue weighted by atomic mass is 127. The van der Waals surface area contributed by atoms with Crippen molar-refractivity contribution in [2.75, 3.05) is 0 Å². The van der Waals surface area contributed by atoms with Gasteiger partial charge in [0.15, 0.2) is 0 Å². The molecule has 0 aliphatic rings. The van der Waals surface area contributed by atoms with E-state index in [0.717, 1.165) is 0 Å². The summed E-state index contributed by atoms with van der Waals surface area (Å²) >= 11 is 4.73. The third-order valence-electron chi connectivity index (χ3n) is 1.48. The summed E-state index contributed by atoms with van der Waals surface area (Å²) in [4.78, 5) is 13.5. The maximum atomic E-state index is 12.3. The van der Waals surface area contributed by atoms with Gasteiger partial charge in [-0.3, -0.25) is 4.79 Å². The Hall–Kier alpha value is 0.0200. The number of pyridine rings is 1. The molecular formula is C7H5BrF2INO. The van der Waals surface area contributed by atoms with E-state index in [0.29, 0.717) is 5.56 Å². The maximum Gasteiger partial charge on any atom is 0.266 e. The van der Waals surface area contributed by atoms with Crippen molar-refractivity contribution < 1.29 is 8.78 Å². The van der Waals surface area contributed by atoms with E-state index in [1.165, 1.54) is 6.07 Å². The molecule has 1 N–H and O–H groups in total. The van der Waals surface area contributed by atoms with Crippen LogP contribution in [0.15, 0.2) is 10.9 Å². The van der Waals surface area contributed by atoms with Crippen LogP contribution < -0.4 is 5.56 Å². The van der Waals surface area contributed by atoms with Crippen LogP contribution in [0.1, 0.15) is 17.6 Å². The molecule has 0 saturated carbocycles. The molecule has 1 aromatic rings. The number of hydrogen-bond acceptors (Lipinski definition) is 1. The number of H-pyrrole nitrogens is 1. The fourth-order valence-electron chi connectivity index (χ4n) is 0.827. The van der Waals surface area contributed by atoms with Gasteiger partial charge < -0.3 is 4.98 Å². The molecule has 1 aromatic heterocycles. The summed E-state index contributed by atoms with van der Waals surface area (Å²) < 4.78 is 24.9. The fraction of sp³-hybridized carbons (Fsp3) is 0.286. The second kappa shape index (κ2) is 4.50. The lowest BCUT2D eigenvalue weighted by Crippen LogP contribution is -2.14. The van der Waals surface area contributed by atoms with E-state index in [1.807, 2.05) is 0 Å². The Labute approximate surface area is 95.0 Å². The van der Waals surface area contributed by atoms with Gasteiger partial charge in [0.1, 0.15) is 0 Å². The molecule has 0 aliphatic heterocycles. The van der Waals surface area contributed by atoms with Crippen LogP contribution in [-0.2, 0) is 5.33 Å². The van der Waals surface area contributed by atoms with Crippen LogP contribution >= 0.6 is 38.5 Å². The molecule has 0 aromatic carbocycles. The van der Waals surface area contributed by atoms with Crippen LogP contribution in [0.2, 0.25) is 0 Å². The van der Waals surface area contributed by atoms with Gasteiger partial charge in [0, 0.05) is 16.5 Å². The first-order valence-corrected chi connectivity index (χ1v) is 5.52. The van der Waals surface area contributed by atoms with Crippen molar-refractivity contribution in [3.63, 3.8) is 0 Å². The number of halogens is 4. The minimum Gasteiger partial charge on any atom is -0.317 e. The fourth-order valence-corrected chi connectivity index (χ4v) is 1.88. The molecule has 0 atom stereocenters. The molecule has 0 unspecified atom stereocenters. The summed E-state index contributed by atoms with van der Waals surface area (Å²) in [6.45, 7) is 0. The predicted molar refractivity (Wildman–Crippen MR) is 57.4 cm³/mol. The minimum atomic E-state index is -2.55. The van der Waals surface area contributed by atoms with Crippen molar-refractivity contribution in [3.8, 4) is 0 Å². The molecule has 0 saturated heterocycles. The summed E-state index contributed by atoms with van der Waals surface area (Å²) in [6.07, 6.45) is -2.55. The summed E-state index contributed by atoms with van der Waals surface area (Å²) in [7, 11) is 0. The number of rotatable bonds is 2. The lowest BCUT2D eigenvalue weighted by Gasteiger charge is -2.04. The molecule has 6 heteroatoms. The van der Waals surface area contributed by atoms with Crippen LogP contribution in [0.25, 0.3) is 0 Å². The van der Waals surface area contributed by atoms with E-state index in [-0.39, 0.29) is 20.2 Å². The third kappa shape index (κ3) is 2.49. The zero-order chi connectivity index (χ0) is 10.0. The van der Waals surface area contributed by atoms with Crippen molar-refractivity contribution in [3.05, 3.63) is 31.2 Å². The van der Waals surface area contributed by atoms with E-state index in [9.17, 15) is 13.6 Å². The monoisotopic (exact) mass is 363 g/mol. The topological polar surface area (TPSA) is 32.9 Å². The van der Waals surface area contributed by atoms with Gasteiger partial charge in [-0.05, 0) is 28.7 Å². The van der Waals surface area contributed by atoms with E-state index in [2.05, 4.69) is 20.9 Å².